The first-order chi connectivity index (χ1) is 14.3. The van der Waals surface area contributed by atoms with Crippen LogP contribution in [0.1, 0.15) is 24.0 Å². The molecule has 0 spiro atoms. The van der Waals surface area contributed by atoms with E-state index in [2.05, 4.69) is 29.2 Å². The zero-order chi connectivity index (χ0) is 21.9. The van der Waals surface area contributed by atoms with Gasteiger partial charge in [0.25, 0.3) is 0 Å². The summed E-state index contributed by atoms with van der Waals surface area (Å²) in [5.41, 5.74) is 7.81. The van der Waals surface area contributed by atoms with Gasteiger partial charge in [-0.1, -0.05) is 42.5 Å². The van der Waals surface area contributed by atoms with Crippen LogP contribution < -0.4 is 10.5 Å². The van der Waals surface area contributed by atoms with E-state index in [-0.39, 0.29) is 11.8 Å². The number of amides is 1. The van der Waals surface area contributed by atoms with Crippen molar-refractivity contribution in [1.82, 2.24) is 4.90 Å². The molecular formula is C22H26N2O6. The Morgan fingerprint density at radius 2 is 1.47 bits per heavy atom. The minimum atomic E-state index is -1.82. The Labute approximate surface area is 174 Å². The molecule has 1 heterocycles. The van der Waals surface area contributed by atoms with Crippen LogP contribution in [0.15, 0.2) is 54.6 Å². The summed E-state index contributed by atoms with van der Waals surface area (Å²) >= 11 is 0. The minimum Gasteiger partial charge on any atom is -0.489 e. The molecule has 160 valence electrons. The molecule has 0 unspecified atom stereocenters. The van der Waals surface area contributed by atoms with Gasteiger partial charge >= 0.3 is 11.9 Å². The molecule has 1 fully saturated rings. The molecule has 0 aliphatic carbocycles. The second-order valence-electron chi connectivity index (χ2n) is 6.98. The fourth-order valence-electron chi connectivity index (χ4n) is 3.07. The maximum absolute atomic E-state index is 11.2. The van der Waals surface area contributed by atoms with Crippen molar-refractivity contribution in [1.29, 1.82) is 0 Å². The highest BCUT2D eigenvalue weighted by molar-refractivity contribution is 6.27. The van der Waals surface area contributed by atoms with E-state index >= 15 is 0 Å². The molecule has 2 aromatic carbocycles. The van der Waals surface area contributed by atoms with Crippen molar-refractivity contribution >= 4 is 17.8 Å². The van der Waals surface area contributed by atoms with Crippen LogP contribution in [-0.2, 0) is 27.5 Å². The number of carboxylic acids is 2. The quantitative estimate of drug-likeness (QED) is 0.617. The minimum absolute atomic E-state index is 0.0509. The van der Waals surface area contributed by atoms with E-state index in [4.69, 9.17) is 30.3 Å². The number of piperidine rings is 1. The number of carboxylic acid groups (broad SMARTS) is 2. The lowest BCUT2D eigenvalue weighted by Crippen LogP contribution is -2.38. The van der Waals surface area contributed by atoms with Gasteiger partial charge in [-0.05, 0) is 49.2 Å². The van der Waals surface area contributed by atoms with Crippen molar-refractivity contribution in [3.8, 4) is 5.75 Å². The summed E-state index contributed by atoms with van der Waals surface area (Å²) in [7, 11) is 0. The number of rotatable bonds is 6. The predicted molar refractivity (Wildman–Crippen MR) is 110 cm³/mol. The van der Waals surface area contributed by atoms with E-state index < -0.39 is 11.9 Å². The van der Waals surface area contributed by atoms with E-state index in [0.29, 0.717) is 6.61 Å². The predicted octanol–water partition coefficient (Wildman–Crippen LogP) is 2.12. The average molecular weight is 414 g/mol. The van der Waals surface area contributed by atoms with E-state index in [1.54, 1.807) is 0 Å². The maximum Gasteiger partial charge on any atom is 0.414 e. The largest absolute Gasteiger partial charge is 0.489 e. The van der Waals surface area contributed by atoms with Gasteiger partial charge < -0.3 is 20.7 Å². The zero-order valence-corrected chi connectivity index (χ0v) is 16.6. The Bertz CT molecular complexity index is 818. The number of benzene rings is 2. The Morgan fingerprint density at radius 1 is 0.900 bits per heavy atom. The van der Waals surface area contributed by atoms with E-state index in [9.17, 15) is 4.79 Å². The molecular weight excluding hydrogens is 388 g/mol. The highest BCUT2D eigenvalue weighted by Crippen LogP contribution is 2.20. The molecule has 0 bridgehead atoms. The van der Waals surface area contributed by atoms with E-state index in [1.807, 2.05) is 30.3 Å². The van der Waals surface area contributed by atoms with Gasteiger partial charge in [-0.3, -0.25) is 9.69 Å². The van der Waals surface area contributed by atoms with Crippen molar-refractivity contribution in [3.05, 3.63) is 65.7 Å². The summed E-state index contributed by atoms with van der Waals surface area (Å²) < 4.78 is 5.81. The summed E-state index contributed by atoms with van der Waals surface area (Å²) in [6.45, 7) is 3.35. The smallest absolute Gasteiger partial charge is 0.414 e. The third kappa shape index (κ3) is 7.92. The number of carbonyl (C=O) groups excluding carboxylic acids is 1. The molecule has 2 aromatic rings. The van der Waals surface area contributed by atoms with Crippen LogP contribution in [0.25, 0.3) is 0 Å². The number of nitrogens with two attached hydrogens (primary N) is 1. The van der Waals surface area contributed by atoms with Gasteiger partial charge in [0.05, 0.1) is 0 Å². The normalized spacial score (nSPS) is 14.3. The fourth-order valence-corrected chi connectivity index (χ4v) is 3.07. The molecule has 1 amide bonds. The topological polar surface area (TPSA) is 130 Å². The van der Waals surface area contributed by atoms with Gasteiger partial charge in [-0.25, -0.2) is 9.59 Å². The number of primary amides is 1. The van der Waals surface area contributed by atoms with Crippen LogP contribution in [0.4, 0.5) is 0 Å². The Hall–Kier alpha value is -3.39. The number of hydrogen-bond donors (Lipinski definition) is 3. The molecule has 8 nitrogen and oxygen atoms in total. The van der Waals surface area contributed by atoms with Gasteiger partial charge in [-0.2, -0.15) is 0 Å². The van der Waals surface area contributed by atoms with E-state index in [1.165, 1.54) is 11.1 Å². The molecule has 1 saturated heterocycles. The molecule has 8 heteroatoms. The van der Waals surface area contributed by atoms with Gasteiger partial charge in [0.15, 0.2) is 0 Å². The Morgan fingerprint density at radius 3 is 1.97 bits per heavy atom. The summed E-state index contributed by atoms with van der Waals surface area (Å²) in [5, 5.41) is 14.8. The third-order valence-corrected chi connectivity index (χ3v) is 4.75. The van der Waals surface area contributed by atoms with Crippen molar-refractivity contribution in [2.45, 2.75) is 26.0 Å². The number of hydrogen-bond acceptors (Lipinski definition) is 5. The second-order valence-corrected chi connectivity index (χ2v) is 6.98. The number of likely N-dealkylation sites (tertiary alicyclic amines) is 1. The first kappa shape index (κ1) is 22.9. The molecule has 1 aliphatic rings. The summed E-state index contributed by atoms with van der Waals surface area (Å²) in [5.74, 6) is -2.87. The number of nitrogens with zero attached hydrogens (tertiary/aromatic N) is 1. The SMILES string of the molecule is NC(=O)C1CCN(Cc2ccc(OCc3ccccc3)cc2)CC1.O=C(O)C(=O)O. The summed E-state index contributed by atoms with van der Waals surface area (Å²) in [6.07, 6.45) is 1.74. The first-order valence-electron chi connectivity index (χ1n) is 9.58. The second kappa shape index (κ2) is 11.6. The molecule has 0 atom stereocenters. The Balaban J connectivity index is 0.000000469. The molecule has 4 N–H and O–H groups in total. The lowest BCUT2D eigenvalue weighted by molar-refractivity contribution is -0.159. The zero-order valence-electron chi connectivity index (χ0n) is 16.6. The lowest BCUT2D eigenvalue weighted by Gasteiger charge is -2.30. The number of ether oxygens (including phenoxy) is 1. The van der Waals surface area contributed by atoms with Crippen molar-refractivity contribution in [3.63, 3.8) is 0 Å². The van der Waals surface area contributed by atoms with Crippen molar-refractivity contribution in [2.24, 2.45) is 11.7 Å². The van der Waals surface area contributed by atoms with Crippen LogP contribution in [-0.4, -0.2) is 46.0 Å². The van der Waals surface area contributed by atoms with Gasteiger partial charge in [0.1, 0.15) is 12.4 Å². The fraction of sp³-hybridized carbons (Fsp3) is 0.318. The molecule has 30 heavy (non-hydrogen) atoms. The van der Waals surface area contributed by atoms with Crippen molar-refractivity contribution in [2.75, 3.05) is 13.1 Å². The molecule has 0 saturated carbocycles. The van der Waals surface area contributed by atoms with Crippen LogP contribution in [0.2, 0.25) is 0 Å². The van der Waals surface area contributed by atoms with Crippen LogP contribution in [0.5, 0.6) is 5.75 Å². The van der Waals surface area contributed by atoms with Gasteiger partial charge in [0, 0.05) is 12.5 Å². The Kier molecular flexibility index (Phi) is 8.83. The first-order valence-corrected chi connectivity index (χ1v) is 9.58. The maximum atomic E-state index is 11.2. The molecule has 1 aliphatic heterocycles. The number of carbonyl (C=O) groups is 3. The molecule has 3 rings (SSSR count). The van der Waals surface area contributed by atoms with Crippen LogP contribution in [0, 0.1) is 5.92 Å². The van der Waals surface area contributed by atoms with Crippen molar-refractivity contribution < 1.29 is 29.3 Å². The third-order valence-electron chi connectivity index (χ3n) is 4.75. The van der Waals surface area contributed by atoms with Gasteiger partial charge in [0.2, 0.25) is 5.91 Å². The molecule has 0 aromatic heterocycles. The van der Waals surface area contributed by atoms with Crippen LogP contribution >= 0.6 is 0 Å². The average Bonchev–Trinajstić information content (AvgIpc) is 2.75. The number of aliphatic carboxylic acids is 2. The standard InChI is InChI=1S/C20H24N2O2.C2H2O4/c21-20(23)18-10-12-22(13-11-18)14-16-6-8-19(9-7-16)24-15-17-4-2-1-3-5-17;3-1(4)2(5)6/h1-9,18H,10-15H2,(H2,21,23);(H,3,4)(H,5,6). The highest BCUT2D eigenvalue weighted by atomic mass is 16.5. The van der Waals surface area contributed by atoms with E-state index in [0.717, 1.165) is 38.2 Å². The van der Waals surface area contributed by atoms with Crippen LogP contribution in [0.3, 0.4) is 0 Å². The lowest BCUT2D eigenvalue weighted by atomic mass is 9.96. The summed E-state index contributed by atoms with van der Waals surface area (Å²) in [6, 6.07) is 18.4. The molecule has 0 radical (unpaired) electrons. The highest BCUT2D eigenvalue weighted by Gasteiger charge is 2.22. The monoisotopic (exact) mass is 414 g/mol. The van der Waals surface area contributed by atoms with Gasteiger partial charge in [-0.15, -0.1) is 0 Å². The summed E-state index contributed by atoms with van der Waals surface area (Å²) in [4.78, 5) is 31.8.